The third kappa shape index (κ3) is 5.00. The number of hydrogen-bond acceptors (Lipinski definition) is 7. The summed E-state index contributed by atoms with van der Waals surface area (Å²) in [4.78, 5) is 24.2. The summed E-state index contributed by atoms with van der Waals surface area (Å²) in [7, 11) is 4.37. The number of benzene rings is 1. The van der Waals surface area contributed by atoms with Gasteiger partial charge in [0.25, 0.3) is 11.8 Å². The molecule has 9 heteroatoms. The van der Waals surface area contributed by atoms with Crippen LogP contribution in [0.1, 0.15) is 23.0 Å². The van der Waals surface area contributed by atoms with Crippen LogP contribution in [0.2, 0.25) is 0 Å². The number of methoxy groups -OCH3 is 3. The molecule has 2 N–H and O–H groups in total. The lowest BCUT2D eigenvalue weighted by molar-refractivity contribution is -0.120. The normalized spacial score (nSPS) is 10.9. The van der Waals surface area contributed by atoms with E-state index >= 15 is 0 Å². The zero-order valence-corrected chi connectivity index (χ0v) is 15.5. The Bertz CT molecular complexity index is 805. The minimum absolute atomic E-state index is 0.257. The highest BCUT2D eigenvalue weighted by molar-refractivity contribution is 5.99. The van der Waals surface area contributed by atoms with Crippen LogP contribution in [0.25, 0.3) is 0 Å². The van der Waals surface area contributed by atoms with Crippen LogP contribution in [0.5, 0.6) is 17.2 Å². The average molecular weight is 375 g/mol. The first-order chi connectivity index (χ1) is 13.0. The van der Waals surface area contributed by atoms with Gasteiger partial charge >= 0.3 is 0 Å². The highest BCUT2D eigenvalue weighted by Crippen LogP contribution is 2.38. The van der Waals surface area contributed by atoms with E-state index in [4.69, 9.17) is 18.6 Å². The minimum Gasteiger partial charge on any atom is -0.493 e. The molecular formula is C18H21N3O6. The third-order valence-corrected chi connectivity index (χ3v) is 3.56. The van der Waals surface area contributed by atoms with Gasteiger partial charge in [-0.05, 0) is 31.2 Å². The number of nitrogens with one attached hydrogen (secondary N) is 2. The molecule has 2 rings (SSSR count). The molecule has 0 fully saturated rings. The fourth-order valence-corrected chi connectivity index (χ4v) is 2.20. The monoisotopic (exact) mass is 375 g/mol. The molecule has 0 saturated carbocycles. The SMILES string of the molecule is COc1cc(C(=O)NCC(=O)N/N=C(\C)c2ccco2)cc(OC)c1OC. The van der Waals surface area contributed by atoms with Crippen molar-refractivity contribution in [1.29, 1.82) is 0 Å². The van der Waals surface area contributed by atoms with Crippen LogP contribution in [-0.4, -0.2) is 45.4 Å². The summed E-state index contributed by atoms with van der Waals surface area (Å²) in [6.45, 7) is 1.43. The molecule has 1 aromatic heterocycles. The summed E-state index contributed by atoms with van der Waals surface area (Å²) >= 11 is 0. The number of furan rings is 1. The Balaban J connectivity index is 1.99. The van der Waals surface area contributed by atoms with E-state index in [-0.39, 0.29) is 12.1 Å². The van der Waals surface area contributed by atoms with E-state index in [0.717, 1.165) is 0 Å². The molecule has 1 aromatic carbocycles. The van der Waals surface area contributed by atoms with Crippen molar-refractivity contribution in [2.24, 2.45) is 5.10 Å². The summed E-state index contributed by atoms with van der Waals surface area (Å²) in [5.74, 6) is 0.627. The topological polar surface area (TPSA) is 111 Å². The zero-order valence-electron chi connectivity index (χ0n) is 15.5. The number of hydrogen-bond donors (Lipinski definition) is 2. The van der Waals surface area contributed by atoms with Crippen molar-refractivity contribution in [3.05, 3.63) is 41.9 Å². The van der Waals surface area contributed by atoms with Gasteiger partial charge in [0.2, 0.25) is 5.75 Å². The lowest BCUT2D eigenvalue weighted by Crippen LogP contribution is -2.35. The van der Waals surface area contributed by atoms with E-state index in [1.54, 1.807) is 19.1 Å². The highest BCUT2D eigenvalue weighted by atomic mass is 16.5. The molecule has 9 nitrogen and oxygen atoms in total. The molecule has 0 aliphatic rings. The maximum Gasteiger partial charge on any atom is 0.259 e. The fourth-order valence-electron chi connectivity index (χ4n) is 2.20. The molecule has 144 valence electrons. The molecule has 2 amide bonds. The first-order valence-corrected chi connectivity index (χ1v) is 7.95. The molecule has 0 spiro atoms. The van der Waals surface area contributed by atoms with Gasteiger partial charge in [-0.3, -0.25) is 9.59 Å². The summed E-state index contributed by atoms with van der Waals surface area (Å²) in [6, 6.07) is 6.42. The van der Waals surface area contributed by atoms with Crippen molar-refractivity contribution in [3.8, 4) is 17.2 Å². The van der Waals surface area contributed by atoms with Gasteiger partial charge in [-0.25, -0.2) is 5.43 Å². The van der Waals surface area contributed by atoms with E-state index in [1.807, 2.05) is 0 Å². The number of nitrogens with zero attached hydrogens (tertiary/aromatic N) is 1. The number of amides is 2. The Morgan fingerprint density at radius 3 is 2.30 bits per heavy atom. The highest BCUT2D eigenvalue weighted by Gasteiger charge is 2.17. The number of carbonyl (C=O) groups excluding carboxylic acids is 2. The van der Waals surface area contributed by atoms with E-state index in [1.165, 1.54) is 39.7 Å². The maximum absolute atomic E-state index is 12.3. The summed E-state index contributed by atoms with van der Waals surface area (Å²) < 4.78 is 20.8. The fraction of sp³-hybridized carbons (Fsp3) is 0.278. The van der Waals surface area contributed by atoms with Gasteiger partial charge in [0.05, 0.1) is 34.1 Å². The maximum atomic E-state index is 12.3. The van der Waals surface area contributed by atoms with E-state index in [0.29, 0.717) is 28.7 Å². The molecule has 27 heavy (non-hydrogen) atoms. The van der Waals surface area contributed by atoms with Crippen molar-refractivity contribution >= 4 is 17.5 Å². The van der Waals surface area contributed by atoms with Crippen molar-refractivity contribution in [3.63, 3.8) is 0 Å². The molecule has 1 heterocycles. The first-order valence-electron chi connectivity index (χ1n) is 7.95. The van der Waals surface area contributed by atoms with Crippen molar-refractivity contribution < 1.29 is 28.2 Å². The minimum atomic E-state index is -0.485. The van der Waals surface area contributed by atoms with Gasteiger partial charge in [-0.1, -0.05) is 0 Å². The second-order valence-electron chi connectivity index (χ2n) is 5.31. The standard InChI is InChI=1S/C18H21N3O6/c1-11(13-6-5-7-27-13)20-21-16(22)10-19-18(23)12-8-14(24-2)17(26-4)15(9-12)25-3/h5-9H,10H2,1-4H3,(H,19,23)(H,21,22)/b20-11+. The molecule has 0 aliphatic carbocycles. The van der Waals surface area contributed by atoms with Crippen LogP contribution in [0, 0.1) is 0 Å². The molecular weight excluding hydrogens is 354 g/mol. The second-order valence-corrected chi connectivity index (χ2v) is 5.31. The van der Waals surface area contributed by atoms with E-state index in [9.17, 15) is 9.59 Å². The molecule has 0 atom stereocenters. The van der Waals surface area contributed by atoms with Crippen molar-refractivity contribution in [2.75, 3.05) is 27.9 Å². The predicted molar refractivity (Wildman–Crippen MR) is 97.5 cm³/mol. The molecule has 0 aliphatic heterocycles. The summed E-state index contributed by atoms with van der Waals surface area (Å²) in [6.07, 6.45) is 1.51. The molecule has 0 saturated heterocycles. The van der Waals surface area contributed by atoms with E-state index < -0.39 is 11.8 Å². The van der Waals surface area contributed by atoms with Gasteiger partial charge in [-0.2, -0.15) is 5.10 Å². The Labute approximate surface area is 156 Å². The first kappa shape index (κ1) is 19.8. The van der Waals surface area contributed by atoms with Crippen LogP contribution >= 0.6 is 0 Å². The number of hydrazone groups is 1. The molecule has 2 aromatic rings. The van der Waals surface area contributed by atoms with Crippen LogP contribution in [0.4, 0.5) is 0 Å². The number of rotatable bonds is 8. The Hall–Kier alpha value is -3.49. The van der Waals surface area contributed by atoms with Gasteiger partial charge in [0.15, 0.2) is 11.5 Å². The smallest absolute Gasteiger partial charge is 0.259 e. The second kappa shape index (κ2) is 9.27. The van der Waals surface area contributed by atoms with Crippen LogP contribution < -0.4 is 25.0 Å². The Kier molecular flexibility index (Phi) is 6.81. The molecule has 0 radical (unpaired) electrons. The number of carbonyl (C=O) groups is 2. The third-order valence-electron chi connectivity index (χ3n) is 3.56. The van der Waals surface area contributed by atoms with E-state index in [2.05, 4.69) is 15.8 Å². The summed E-state index contributed by atoms with van der Waals surface area (Å²) in [5, 5.41) is 6.41. The van der Waals surface area contributed by atoms with Crippen LogP contribution in [0.3, 0.4) is 0 Å². The Morgan fingerprint density at radius 1 is 1.11 bits per heavy atom. The number of ether oxygens (including phenoxy) is 3. The van der Waals surface area contributed by atoms with Crippen molar-refractivity contribution in [2.45, 2.75) is 6.92 Å². The molecule has 0 bridgehead atoms. The zero-order chi connectivity index (χ0) is 19.8. The quantitative estimate of drug-likeness (QED) is 0.535. The Morgan fingerprint density at radius 2 is 1.78 bits per heavy atom. The van der Waals surface area contributed by atoms with Crippen molar-refractivity contribution in [1.82, 2.24) is 10.7 Å². The lowest BCUT2D eigenvalue weighted by Gasteiger charge is -2.14. The largest absolute Gasteiger partial charge is 0.493 e. The predicted octanol–water partition coefficient (Wildman–Crippen LogP) is 1.58. The van der Waals surface area contributed by atoms with Gasteiger partial charge < -0.3 is 23.9 Å². The van der Waals surface area contributed by atoms with Gasteiger partial charge in [0.1, 0.15) is 11.5 Å². The van der Waals surface area contributed by atoms with Crippen LogP contribution in [0.15, 0.2) is 40.0 Å². The van der Waals surface area contributed by atoms with Gasteiger partial charge in [-0.15, -0.1) is 0 Å². The average Bonchev–Trinajstić information content (AvgIpc) is 3.23. The summed E-state index contributed by atoms with van der Waals surface area (Å²) in [5.41, 5.74) is 3.11. The lowest BCUT2D eigenvalue weighted by atomic mass is 10.1. The molecule has 0 unspecified atom stereocenters. The van der Waals surface area contributed by atoms with Crippen LogP contribution in [-0.2, 0) is 4.79 Å². The van der Waals surface area contributed by atoms with Gasteiger partial charge in [0, 0.05) is 5.56 Å².